The van der Waals surface area contributed by atoms with Crippen LogP contribution >= 0.6 is 11.6 Å². The number of hydrogen-bond acceptors (Lipinski definition) is 2. The Labute approximate surface area is 150 Å². The number of carbonyl (C=O) groups excluding carboxylic acids is 2. The number of benzene rings is 2. The highest BCUT2D eigenvalue weighted by molar-refractivity contribution is 6.34. The number of anilines is 2. The molecule has 2 aromatic carbocycles. The molecule has 6 heteroatoms. The number of amides is 2. The highest BCUT2D eigenvalue weighted by Crippen LogP contribution is 2.26. The average Bonchev–Trinajstić information content (AvgIpc) is 2.86. The van der Waals surface area contributed by atoms with E-state index in [1.54, 1.807) is 18.2 Å². The van der Waals surface area contributed by atoms with E-state index in [1.807, 2.05) is 35.8 Å². The van der Waals surface area contributed by atoms with Crippen LogP contribution in [-0.2, 0) is 16.1 Å². The van der Waals surface area contributed by atoms with Gasteiger partial charge >= 0.3 is 0 Å². The fourth-order valence-electron chi connectivity index (χ4n) is 2.79. The van der Waals surface area contributed by atoms with E-state index >= 15 is 0 Å². The molecule has 3 aromatic rings. The molecule has 0 fully saturated rings. The van der Waals surface area contributed by atoms with E-state index in [0.717, 1.165) is 16.6 Å². The van der Waals surface area contributed by atoms with E-state index in [1.165, 1.54) is 6.92 Å². The van der Waals surface area contributed by atoms with Crippen LogP contribution in [0.4, 0.5) is 11.4 Å². The third-order valence-corrected chi connectivity index (χ3v) is 4.20. The predicted molar refractivity (Wildman–Crippen MR) is 101 cm³/mol. The number of carbonyl (C=O) groups is 2. The Morgan fingerprint density at radius 2 is 1.84 bits per heavy atom. The van der Waals surface area contributed by atoms with Crippen LogP contribution in [0.5, 0.6) is 0 Å². The molecule has 0 aliphatic heterocycles. The minimum absolute atomic E-state index is 0.146. The van der Waals surface area contributed by atoms with Gasteiger partial charge in [-0.3, -0.25) is 9.59 Å². The van der Waals surface area contributed by atoms with Gasteiger partial charge in [-0.15, -0.1) is 0 Å². The van der Waals surface area contributed by atoms with Gasteiger partial charge in [-0.2, -0.15) is 0 Å². The quantitative estimate of drug-likeness (QED) is 0.736. The van der Waals surface area contributed by atoms with Crippen molar-refractivity contribution in [3.63, 3.8) is 0 Å². The van der Waals surface area contributed by atoms with Crippen molar-refractivity contribution >= 4 is 45.7 Å². The molecule has 0 saturated heterocycles. The molecule has 128 valence electrons. The maximum absolute atomic E-state index is 12.4. The van der Waals surface area contributed by atoms with E-state index in [-0.39, 0.29) is 18.4 Å². The number of halogens is 1. The molecule has 0 unspecified atom stereocenters. The number of aromatic nitrogens is 1. The van der Waals surface area contributed by atoms with Gasteiger partial charge in [0.05, 0.1) is 10.7 Å². The van der Waals surface area contributed by atoms with Crippen molar-refractivity contribution in [1.82, 2.24) is 4.57 Å². The summed E-state index contributed by atoms with van der Waals surface area (Å²) >= 11 is 6.13. The first-order valence-corrected chi connectivity index (χ1v) is 8.23. The molecule has 2 N–H and O–H groups in total. The lowest BCUT2D eigenvalue weighted by atomic mass is 10.2. The van der Waals surface area contributed by atoms with E-state index in [4.69, 9.17) is 11.6 Å². The lowest BCUT2D eigenvalue weighted by Crippen LogP contribution is -2.19. The zero-order chi connectivity index (χ0) is 18.0. The molecule has 0 saturated carbocycles. The SMILES string of the molecule is CC(=O)Nc1ccc(NC(=O)Cn2c(C)cc3ccccc32)cc1Cl. The third kappa shape index (κ3) is 3.83. The number of aryl methyl sites for hydroxylation is 1. The molecule has 0 atom stereocenters. The second-order valence-electron chi connectivity index (χ2n) is 5.85. The summed E-state index contributed by atoms with van der Waals surface area (Å²) in [4.78, 5) is 23.5. The van der Waals surface area contributed by atoms with Gasteiger partial charge in [0.2, 0.25) is 11.8 Å². The van der Waals surface area contributed by atoms with Crippen LogP contribution < -0.4 is 10.6 Å². The molecule has 1 aromatic heterocycles. The Morgan fingerprint density at radius 3 is 2.56 bits per heavy atom. The van der Waals surface area contributed by atoms with Gasteiger partial charge in [0.25, 0.3) is 0 Å². The van der Waals surface area contributed by atoms with Crippen LogP contribution in [0.3, 0.4) is 0 Å². The summed E-state index contributed by atoms with van der Waals surface area (Å²) in [6.45, 7) is 3.60. The fraction of sp³-hybridized carbons (Fsp3) is 0.158. The lowest BCUT2D eigenvalue weighted by molar-refractivity contribution is -0.117. The summed E-state index contributed by atoms with van der Waals surface area (Å²) in [5.74, 6) is -0.346. The molecular formula is C19H18ClN3O2. The van der Waals surface area contributed by atoms with E-state index < -0.39 is 0 Å². The number of nitrogens with zero attached hydrogens (tertiary/aromatic N) is 1. The van der Waals surface area contributed by atoms with Crippen LogP contribution in [-0.4, -0.2) is 16.4 Å². The van der Waals surface area contributed by atoms with Crippen molar-refractivity contribution in [3.8, 4) is 0 Å². The Bertz CT molecular complexity index is 962. The first kappa shape index (κ1) is 17.0. The van der Waals surface area contributed by atoms with Crippen molar-refractivity contribution in [3.05, 3.63) is 59.2 Å². The van der Waals surface area contributed by atoms with Gasteiger partial charge in [0, 0.05) is 23.8 Å². The molecule has 0 aliphatic carbocycles. The van der Waals surface area contributed by atoms with Gasteiger partial charge in [-0.1, -0.05) is 29.8 Å². The molecule has 0 spiro atoms. The van der Waals surface area contributed by atoms with E-state index in [0.29, 0.717) is 16.4 Å². The zero-order valence-electron chi connectivity index (χ0n) is 14.0. The summed E-state index contributed by atoms with van der Waals surface area (Å²) in [5.41, 5.74) is 3.14. The van der Waals surface area contributed by atoms with Gasteiger partial charge in [0.15, 0.2) is 0 Å². The van der Waals surface area contributed by atoms with Crippen LogP contribution in [0.25, 0.3) is 10.9 Å². The predicted octanol–water partition coefficient (Wildman–Crippen LogP) is 4.20. The summed E-state index contributed by atoms with van der Waals surface area (Å²) in [5, 5.41) is 6.94. The number of fused-ring (bicyclic) bond motifs is 1. The molecule has 1 heterocycles. The average molecular weight is 356 g/mol. The zero-order valence-corrected chi connectivity index (χ0v) is 14.7. The molecule has 0 aliphatic rings. The summed E-state index contributed by atoms with van der Waals surface area (Å²) in [6.07, 6.45) is 0. The monoisotopic (exact) mass is 355 g/mol. The number of rotatable bonds is 4. The van der Waals surface area contributed by atoms with Crippen molar-refractivity contribution in [1.29, 1.82) is 0 Å². The minimum Gasteiger partial charge on any atom is -0.335 e. The normalized spacial score (nSPS) is 10.7. The largest absolute Gasteiger partial charge is 0.335 e. The Morgan fingerprint density at radius 1 is 1.08 bits per heavy atom. The van der Waals surface area contributed by atoms with Gasteiger partial charge in [0.1, 0.15) is 6.54 Å². The van der Waals surface area contributed by atoms with Gasteiger partial charge < -0.3 is 15.2 Å². The van der Waals surface area contributed by atoms with Crippen LogP contribution in [0.2, 0.25) is 5.02 Å². The fourth-order valence-corrected chi connectivity index (χ4v) is 3.01. The van der Waals surface area contributed by atoms with Crippen LogP contribution in [0, 0.1) is 6.92 Å². The number of para-hydroxylation sites is 1. The molecular weight excluding hydrogens is 338 g/mol. The van der Waals surface area contributed by atoms with Crippen molar-refractivity contribution in [2.45, 2.75) is 20.4 Å². The molecule has 2 amide bonds. The standard InChI is InChI=1S/C19H18ClN3O2/c1-12-9-14-5-3-4-6-18(14)23(12)11-19(25)22-15-7-8-17(16(20)10-15)21-13(2)24/h3-10H,11H2,1-2H3,(H,21,24)(H,22,25). The second-order valence-corrected chi connectivity index (χ2v) is 6.26. The van der Waals surface area contributed by atoms with Gasteiger partial charge in [-0.05, 0) is 42.6 Å². The molecule has 0 bridgehead atoms. The Kier molecular flexibility index (Phi) is 4.76. The topological polar surface area (TPSA) is 63.1 Å². The number of nitrogens with one attached hydrogen (secondary N) is 2. The van der Waals surface area contributed by atoms with Crippen molar-refractivity contribution in [2.24, 2.45) is 0 Å². The third-order valence-electron chi connectivity index (χ3n) is 3.88. The van der Waals surface area contributed by atoms with Gasteiger partial charge in [-0.25, -0.2) is 0 Å². The van der Waals surface area contributed by atoms with E-state index in [9.17, 15) is 9.59 Å². The highest BCUT2D eigenvalue weighted by Gasteiger charge is 2.11. The van der Waals surface area contributed by atoms with E-state index in [2.05, 4.69) is 16.7 Å². The molecule has 0 radical (unpaired) electrons. The second kappa shape index (κ2) is 6.99. The van der Waals surface area contributed by atoms with Crippen molar-refractivity contribution < 1.29 is 9.59 Å². The van der Waals surface area contributed by atoms with Crippen molar-refractivity contribution in [2.75, 3.05) is 10.6 Å². The smallest absolute Gasteiger partial charge is 0.244 e. The maximum atomic E-state index is 12.4. The first-order chi connectivity index (χ1) is 11.9. The highest BCUT2D eigenvalue weighted by atomic mass is 35.5. The molecule has 3 rings (SSSR count). The Hall–Kier alpha value is -2.79. The first-order valence-electron chi connectivity index (χ1n) is 7.86. The minimum atomic E-state index is -0.200. The number of hydrogen-bond donors (Lipinski definition) is 2. The maximum Gasteiger partial charge on any atom is 0.244 e. The molecule has 25 heavy (non-hydrogen) atoms. The van der Waals surface area contributed by atoms with Crippen LogP contribution in [0.15, 0.2) is 48.5 Å². The summed E-state index contributed by atoms with van der Waals surface area (Å²) in [6, 6.07) is 15.0. The Balaban J connectivity index is 1.75. The summed E-state index contributed by atoms with van der Waals surface area (Å²) in [7, 11) is 0. The molecule has 5 nitrogen and oxygen atoms in total. The lowest BCUT2D eigenvalue weighted by Gasteiger charge is -2.11. The summed E-state index contributed by atoms with van der Waals surface area (Å²) < 4.78 is 1.97. The van der Waals surface area contributed by atoms with Crippen LogP contribution in [0.1, 0.15) is 12.6 Å².